The second kappa shape index (κ2) is 4.72. The SMILES string of the molecule is CC(=O)NC(=S)N[C@@H](C)C12CC3CC(CC(C3)C1)C2. The zero-order valence-electron chi connectivity index (χ0n) is 11.9. The maximum absolute atomic E-state index is 11.0. The summed E-state index contributed by atoms with van der Waals surface area (Å²) in [6.45, 7) is 3.75. The zero-order valence-corrected chi connectivity index (χ0v) is 12.7. The summed E-state index contributed by atoms with van der Waals surface area (Å²) in [4.78, 5) is 11.0. The molecular weight excluding hydrogens is 256 g/mol. The van der Waals surface area contributed by atoms with Gasteiger partial charge in [-0.05, 0) is 80.8 Å². The van der Waals surface area contributed by atoms with Crippen molar-refractivity contribution in [2.75, 3.05) is 0 Å². The summed E-state index contributed by atoms with van der Waals surface area (Å²) in [5.41, 5.74) is 0.428. The van der Waals surface area contributed by atoms with Gasteiger partial charge in [0, 0.05) is 13.0 Å². The van der Waals surface area contributed by atoms with Gasteiger partial charge < -0.3 is 10.6 Å². The van der Waals surface area contributed by atoms with Crippen molar-refractivity contribution in [3.05, 3.63) is 0 Å². The molecule has 4 bridgehead atoms. The third kappa shape index (κ3) is 2.51. The molecule has 3 nitrogen and oxygen atoms in total. The quantitative estimate of drug-likeness (QED) is 0.764. The van der Waals surface area contributed by atoms with Gasteiger partial charge in [0.1, 0.15) is 0 Å². The van der Waals surface area contributed by atoms with E-state index in [1.54, 1.807) is 0 Å². The molecule has 0 spiro atoms. The van der Waals surface area contributed by atoms with Crippen LogP contribution in [0.4, 0.5) is 0 Å². The van der Waals surface area contributed by atoms with Crippen LogP contribution in [0.3, 0.4) is 0 Å². The van der Waals surface area contributed by atoms with Crippen LogP contribution in [0.2, 0.25) is 0 Å². The molecule has 4 fully saturated rings. The van der Waals surface area contributed by atoms with Crippen LogP contribution in [0, 0.1) is 23.2 Å². The van der Waals surface area contributed by atoms with E-state index in [9.17, 15) is 4.79 Å². The standard InChI is InChI=1S/C15H24N2OS/c1-9(16-14(19)17-10(2)18)15-6-11-3-12(7-15)5-13(4-11)8-15/h9,11-13H,3-8H2,1-2H3,(H2,16,17,18,19)/t9-,11?,12?,13?,15?/m0/s1. The smallest absolute Gasteiger partial charge is 0.222 e. The van der Waals surface area contributed by atoms with E-state index in [0.29, 0.717) is 16.6 Å². The topological polar surface area (TPSA) is 41.1 Å². The fourth-order valence-corrected chi connectivity index (χ4v) is 5.57. The van der Waals surface area contributed by atoms with E-state index >= 15 is 0 Å². The van der Waals surface area contributed by atoms with Crippen molar-refractivity contribution in [1.29, 1.82) is 0 Å². The summed E-state index contributed by atoms with van der Waals surface area (Å²) >= 11 is 5.22. The molecule has 19 heavy (non-hydrogen) atoms. The van der Waals surface area contributed by atoms with Gasteiger partial charge in [-0.3, -0.25) is 4.79 Å². The first-order valence-corrected chi connectivity index (χ1v) is 7.96. The van der Waals surface area contributed by atoms with Gasteiger partial charge in [-0.1, -0.05) is 0 Å². The first kappa shape index (κ1) is 13.3. The molecule has 0 saturated heterocycles. The van der Waals surface area contributed by atoms with Crippen molar-refractivity contribution in [2.45, 2.75) is 58.4 Å². The van der Waals surface area contributed by atoms with E-state index in [0.717, 1.165) is 17.8 Å². The van der Waals surface area contributed by atoms with Crippen LogP contribution in [-0.4, -0.2) is 17.1 Å². The number of amides is 1. The third-order valence-electron chi connectivity index (χ3n) is 5.64. The Morgan fingerprint density at radius 1 is 1.16 bits per heavy atom. The van der Waals surface area contributed by atoms with Gasteiger partial charge in [0.2, 0.25) is 5.91 Å². The fraction of sp³-hybridized carbons (Fsp3) is 0.867. The van der Waals surface area contributed by atoms with Crippen molar-refractivity contribution in [2.24, 2.45) is 23.2 Å². The summed E-state index contributed by atoms with van der Waals surface area (Å²) < 4.78 is 0. The first-order valence-electron chi connectivity index (χ1n) is 7.55. The number of carbonyl (C=O) groups is 1. The summed E-state index contributed by atoms with van der Waals surface area (Å²) in [5.74, 6) is 2.76. The lowest BCUT2D eigenvalue weighted by molar-refractivity contribution is -0.117. The molecule has 4 aliphatic carbocycles. The van der Waals surface area contributed by atoms with Crippen LogP contribution in [0.25, 0.3) is 0 Å². The molecule has 4 aliphatic rings. The minimum atomic E-state index is -0.0878. The number of nitrogens with one attached hydrogen (secondary N) is 2. The number of carbonyl (C=O) groups excluding carboxylic acids is 1. The van der Waals surface area contributed by atoms with Crippen LogP contribution in [-0.2, 0) is 4.79 Å². The van der Waals surface area contributed by atoms with Gasteiger partial charge in [-0.25, -0.2) is 0 Å². The van der Waals surface area contributed by atoms with E-state index in [1.807, 2.05) is 0 Å². The molecule has 0 aromatic carbocycles. The second-order valence-electron chi connectivity index (χ2n) is 7.16. The molecule has 4 rings (SSSR count). The normalized spacial score (nSPS) is 40.8. The molecule has 1 atom stereocenters. The van der Waals surface area contributed by atoms with Crippen molar-refractivity contribution >= 4 is 23.2 Å². The van der Waals surface area contributed by atoms with E-state index in [4.69, 9.17) is 12.2 Å². The average Bonchev–Trinajstić information content (AvgIpc) is 2.25. The molecule has 0 aromatic rings. The van der Waals surface area contributed by atoms with Gasteiger partial charge in [0.25, 0.3) is 0 Å². The van der Waals surface area contributed by atoms with Gasteiger partial charge in [0.15, 0.2) is 5.11 Å². The fourth-order valence-electron chi connectivity index (χ4n) is 5.25. The lowest BCUT2D eigenvalue weighted by atomic mass is 9.48. The lowest BCUT2D eigenvalue weighted by Gasteiger charge is -2.59. The van der Waals surface area contributed by atoms with E-state index < -0.39 is 0 Å². The monoisotopic (exact) mass is 280 g/mol. The third-order valence-corrected chi connectivity index (χ3v) is 5.86. The highest BCUT2D eigenvalue weighted by Crippen LogP contribution is 2.61. The Morgan fingerprint density at radius 3 is 2.05 bits per heavy atom. The summed E-state index contributed by atoms with van der Waals surface area (Å²) in [6.07, 6.45) is 8.45. The molecule has 0 unspecified atom stereocenters. The molecule has 4 heteroatoms. The summed E-state index contributed by atoms with van der Waals surface area (Å²) in [6, 6.07) is 0.375. The van der Waals surface area contributed by atoms with E-state index in [1.165, 1.54) is 45.4 Å². The van der Waals surface area contributed by atoms with E-state index in [2.05, 4.69) is 17.6 Å². The van der Waals surface area contributed by atoms with Crippen molar-refractivity contribution in [1.82, 2.24) is 10.6 Å². The Kier molecular flexibility index (Phi) is 3.32. The second-order valence-corrected chi connectivity index (χ2v) is 7.56. The highest BCUT2D eigenvalue weighted by Gasteiger charge is 2.53. The van der Waals surface area contributed by atoms with Crippen molar-refractivity contribution in [3.63, 3.8) is 0 Å². The maximum Gasteiger partial charge on any atom is 0.222 e. The molecule has 0 heterocycles. The average molecular weight is 280 g/mol. The minimum absolute atomic E-state index is 0.0878. The molecule has 4 saturated carbocycles. The molecule has 0 aliphatic heterocycles. The minimum Gasteiger partial charge on any atom is -0.359 e. The zero-order chi connectivity index (χ0) is 13.6. The molecule has 1 amide bonds. The van der Waals surface area contributed by atoms with Gasteiger partial charge in [-0.15, -0.1) is 0 Å². The first-order chi connectivity index (χ1) is 8.97. The van der Waals surface area contributed by atoms with Crippen molar-refractivity contribution < 1.29 is 4.79 Å². The molecule has 0 radical (unpaired) electrons. The summed E-state index contributed by atoms with van der Waals surface area (Å²) in [5, 5.41) is 6.55. The number of hydrogen-bond donors (Lipinski definition) is 2. The highest BCUT2D eigenvalue weighted by molar-refractivity contribution is 7.80. The van der Waals surface area contributed by atoms with Gasteiger partial charge in [-0.2, -0.15) is 0 Å². The van der Waals surface area contributed by atoms with Crippen LogP contribution >= 0.6 is 12.2 Å². The largest absolute Gasteiger partial charge is 0.359 e. The van der Waals surface area contributed by atoms with Crippen LogP contribution in [0.5, 0.6) is 0 Å². The lowest BCUT2D eigenvalue weighted by Crippen LogP contribution is -2.57. The van der Waals surface area contributed by atoms with Gasteiger partial charge >= 0.3 is 0 Å². The number of thiocarbonyl (C=S) groups is 1. The van der Waals surface area contributed by atoms with Crippen LogP contribution < -0.4 is 10.6 Å². The van der Waals surface area contributed by atoms with Crippen LogP contribution in [0.1, 0.15) is 52.4 Å². The predicted octanol–water partition coefficient (Wildman–Crippen LogP) is 2.60. The Morgan fingerprint density at radius 2 is 1.63 bits per heavy atom. The molecule has 106 valence electrons. The Balaban J connectivity index is 1.67. The maximum atomic E-state index is 11.0. The number of rotatable bonds is 2. The van der Waals surface area contributed by atoms with Crippen LogP contribution in [0.15, 0.2) is 0 Å². The molecular formula is C15H24N2OS. The molecule has 2 N–H and O–H groups in total. The Labute approximate surface area is 120 Å². The predicted molar refractivity (Wildman–Crippen MR) is 79.6 cm³/mol. The number of hydrogen-bond acceptors (Lipinski definition) is 2. The molecule has 0 aromatic heterocycles. The Bertz CT molecular complexity index is 372. The summed E-state index contributed by atoms with van der Waals surface area (Å²) in [7, 11) is 0. The highest BCUT2D eigenvalue weighted by atomic mass is 32.1. The Hall–Kier alpha value is -0.640. The van der Waals surface area contributed by atoms with Gasteiger partial charge in [0.05, 0.1) is 0 Å². The van der Waals surface area contributed by atoms with Crippen molar-refractivity contribution in [3.8, 4) is 0 Å². The van der Waals surface area contributed by atoms with E-state index in [-0.39, 0.29) is 5.91 Å².